The van der Waals surface area contributed by atoms with Gasteiger partial charge in [-0.3, -0.25) is 4.99 Å². The van der Waals surface area contributed by atoms with Crippen molar-refractivity contribution in [1.82, 2.24) is 4.98 Å². The summed E-state index contributed by atoms with van der Waals surface area (Å²) in [5.74, 6) is 0.375. The van der Waals surface area contributed by atoms with E-state index in [-0.39, 0.29) is 13.2 Å². The topological polar surface area (TPSA) is 91.7 Å². The molecule has 1 aromatic heterocycles. The van der Waals surface area contributed by atoms with Crippen molar-refractivity contribution in [3.63, 3.8) is 0 Å². The molecule has 0 radical (unpaired) electrons. The van der Waals surface area contributed by atoms with Gasteiger partial charge in [-0.2, -0.15) is 0 Å². The molecule has 0 amide bonds. The Balaban J connectivity index is 2.86. The average molecular weight is 209 g/mol. The summed E-state index contributed by atoms with van der Waals surface area (Å²) in [7, 11) is 0. The number of aliphatic hydroxyl groups is 2. The molecule has 0 unspecified atom stereocenters. The molecule has 4 N–H and O–H groups in total. The number of pyridine rings is 1. The molecule has 1 aromatic rings. The second kappa shape index (κ2) is 4.86. The number of aliphatic imine (C=N–C) groups is 1. The van der Waals surface area contributed by atoms with Crippen LogP contribution in [0.1, 0.15) is 12.5 Å². The zero-order valence-electron chi connectivity index (χ0n) is 8.59. The third-order valence-electron chi connectivity index (χ3n) is 2.07. The van der Waals surface area contributed by atoms with Gasteiger partial charge in [-0.1, -0.05) is 0 Å². The van der Waals surface area contributed by atoms with Crippen molar-refractivity contribution in [3.05, 3.63) is 23.9 Å². The van der Waals surface area contributed by atoms with Crippen LogP contribution >= 0.6 is 0 Å². The fraction of sp³-hybridized carbons (Fsp3) is 0.400. The second-order valence-corrected chi connectivity index (χ2v) is 3.55. The molecular weight excluding hydrogens is 194 g/mol. The van der Waals surface area contributed by atoms with Crippen molar-refractivity contribution < 1.29 is 10.2 Å². The van der Waals surface area contributed by atoms with Crippen molar-refractivity contribution in [2.24, 2.45) is 4.99 Å². The van der Waals surface area contributed by atoms with Crippen LogP contribution in [-0.2, 0) is 0 Å². The summed E-state index contributed by atoms with van der Waals surface area (Å²) in [5, 5.41) is 18.0. The van der Waals surface area contributed by atoms with Gasteiger partial charge in [-0.05, 0) is 19.1 Å². The van der Waals surface area contributed by atoms with Gasteiger partial charge in [-0.25, -0.2) is 4.98 Å². The minimum absolute atomic E-state index is 0.222. The predicted molar refractivity (Wildman–Crippen MR) is 58.8 cm³/mol. The van der Waals surface area contributed by atoms with Gasteiger partial charge in [0.05, 0.1) is 13.2 Å². The van der Waals surface area contributed by atoms with E-state index in [1.807, 2.05) is 0 Å². The van der Waals surface area contributed by atoms with Crippen LogP contribution in [-0.4, -0.2) is 40.2 Å². The lowest BCUT2D eigenvalue weighted by molar-refractivity contribution is 0.136. The minimum atomic E-state index is -0.873. The predicted octanol–water partition coefficient (Wildman–Crippen LogP) is -0.174. The minimum Gasteiger partial charge on any atom is -0.394 e. The summed E-state index contributed by atoms with van der Waals surface area (Å²) in [4.78, 5) is 7.97. The highest BCUT2D eigenvalue weighted by molar-refractivity contribution is 5.85. The summed E-state index contributed by atoms with van der Waals surface area (Å²) in [6.07, 6.45) is 3.10. The zero-order valence-corrected chi connectivity index (χ0v) is 8.59. The normalized spacial score (nSPS) is 12.2. The molecule has 0 saturated heterocycles. The number of aromatic nitrogens is 1. The summed E-state index contributed by atoms with van der Waals surface area (Å²) in [5.41, 5.74) is 5.40. The van der Waals surface area contributed by atoms with E-state index in [4.69, 9.17) is 15.9 Å². The summed E-state index contributed by atoms with van der Waals surface area (Å²) < 4.78 is 0. The Labute approximate surface area is 88.3 Å². The molecule has 0 saturated carbocycles. The maximum Gasteiger partial charge on any atom is 0.132 e. The van der Waals surface area contributed by atoms with Gasteiger partial charge in [0.15, 0.2) is 0 Å². The van der Waals surface area contributed by atoms with Crippen molar-refractivity contribution >= 4 is 12.0 Å². The average Bonchev–Trinajstić information content (AvgIpc) is 2.28. The van der Waals surface area contributed by atoms with E-state index >= 15 is 0 Å². The maximum absolute atomic E-state index is 9.01. The Morgan fingerprint density at radius 3 is 2.73 bits per heavy atom. The number of hydrogen-bond acceptors (Lipinski definition) is 5. The summed E-state index contributed by atoms with van der Waals surface area (Å²) >= 11 is 0. The summed E-state index contributed by atoms with van der Waals surface area (Å²) in [6.45, 7) is 1.20. The number of hydrogen-bond donors (Lipinski definition) is 3. The third-order valence-corrected chi connectivity index (χ3v) is 2.07. The SMILES string of the molecule is CC(CO)(CO)N=Cc1cccnc1N. The highest BCUT2D eigenvalue weighted by Crippen LogP contribution is 2.10. The van der Waals surface area contributed by atoms with Crippen LogP contribution in [0.4, 0.5) is 5.82 Å². The molecule has 82 valence electrons. The van der Waals surface area contributed by atoms with E-state index in [2.05, 4.69) is 9.98 Å². The number of nitrogens with two attached hydrogens (primary N) is 1. The lowest BCUT2D eigenvalue weighted by atomic mass is 10.1. The number of nitrogen functional groups attached to an aromatic ring is 1. The van der Waals surface area contributed by atoms with Crippen molar-refractivity contribution in [1.29, 1.82) is 0 Å². The Hall–Kier alpha value is -1.46. The molecule has 1 rings (SSSR count). The van der Waals surface area contributed by atoms with Crippen LogP contribution in [0.15, 0.2) is 23.3 Å². The maximum atomic E-state index is 9.01. The fourth-order valence-corrected chi connectivity index (χ4v) is 0.896. The molecule has 15 heavy (non-hydrogen) atoms. The van der Waals surface area contributed by atoms with E-state index in [1.165, 1.54) is 6.21 Å². The third kappa shape index (κ3) is 3.00. The number of nitrogens with zero attached hydrogens (tertiary/aromatic N) is 2. The molecule has 0 aromatic carbocycles. The lowest BCUT2D eigenvalue weighted by Crippen LogP contribution is -2.31. The van der Waals surface area contributed by atoms with Crippen molar-refractivity contribution in [2.45, 2.75) is 12.5 Å². The number of anilines is 1. The molecule has 0 aliphatic heterocycles. The Bertz CT molecular complexity index is 348. The monoisotopic (exact) mass is 209 g/mol. The fourth-order valence-electron chi connectivity index (χ4n) is 0.896. The Morgan fingerprint density at radius 1 is 1.53 bits per heavy atom. The van der Waals surface area contributed by atoms with Gasteiger partial charge >= 0.3 is 0 Å². The summed E-state index contributed by atoms with van der Waals surface area (Å²) in [6, 6.07) is 3.51. The molecular formula is C10H15N3O2. The van der Waals surface area contributed by atoms with Crippen molar-refractivity contribution in [3.8, 4) is 0 Å². The van der Waals surface area contributed by atoms with Crippen LogP contribution in [0.25, 0.3) is 0 Å². The first-order chi connectivity index (χ1) is 7.11. The second-order valence-electron chi connectivity index (χ2n) is 3.55. The largest absolute Gasteiger partial charge is 0.394 e. The van der Waals surface area contributed by atoms with Crippen molar-refractivity contribution in [2.75, 3.05) is 18.9 Å². The Morgan fingerprint density at radius 2 is 2.20 bits per heavy atom. The molecule has 0 bridgehead atoms. The first kappa shape index (κ1) is 11.6. The number of aliphatic hydroxyl groups excluding tert-OH is 2. The molecule has 1 heterocycles. The van der Waals surface area contributed by atoms with Crippen LogP contribution in [0, 0.1) is 0 Å². The highest BCUT2D eigenvalue weighted by Gasteiger charge is 2.19. The zero-order chi connectivity index (χ0) is 11.3. The standard InChI is InChI=1S/C10H15N3O2/c1-10(6-14,7-15)13-5-8-3-2-4-12-9(8)11/h2-5,14-15H,6-7H2,1H3,(H2,11,12). The molecule has 0 aliphatic rings. The Kier molecular flexibility index (Phi) is 3.76. The molecule has 0 fully saturated rings. The number of rotatable bonds is 4. The first-order valence-corrected chi connectivity index (χ1v) is 4.59. The molecule has 5 nitrogen and oxygen atoms in total. The molecule has 0 aliphatic carbocycles. The molecule has 0 atom stereocenters. The highest BCUT2D eigenvalue weighted by atomic mass is 16.3. The van der Waals surface area contributed by atoms with Gasteiger partial charge in [0, 0.05) is 18.0 Å². The van der Waals surface area contributed by atoms with E-state index in [0.29, 0.717) is 11.4 Å². The van der Waals surface area contributed by atoms with Gasteiger partial charge < -0.3 is 15.9 Å². The van der Waals surface area contributed by atoms with E-state index in [9.17, 15) is 0 Å². The molecule has 5 heteroatoms. The van der Waals surface area contributed by atoms with Crippen LogP contribution in [0.5, 0.6) is 0 Å². The van der Waals surface area contributed by atoms with Crippen LogP contribution in [0.3, 0.4) is 0 Å². The van der Waals surface area contributed by atoms with Gasteiger partial charge in [0.1, 0.15) is 11.4 Å². The van der Waals surface area contributed by atoms with E-state index in [0.717, 1.165) is 0 Å². The van der Waals surface area contributed by atoms with E-state index in [1.54, 1.807) is 25.3 Å². The van der Waals surface area contributed by atoms with E-state index < -0.39 is 5.54 Å². The van der Waals surface area contributed by atoms with Crippen LogP contribution in [0.2, 0.25) is 0 Å². The van der Waals surface area contributed by atoms with Gasteiger partial charge in [0.25, 0.3) is 0 Å². The van der Waals surface area contributed by atoms with Gasteiger partial charge in [0.2, 0.25) is 0 Å². The quantitative estimate of drug-likeness (QED) is 0.600. The molecule has 0 spiro atoms. The first-order valence-electron chi connectivity index (χ1n) is 4.59. The van der Waals surface area contributed by atoms with Crippen LogP contribution < -0.4 is 5.73 Å². The lowest BCUT2D eigenvalue weighted by Gasteiger charge is -2.18. The smallest absolute Gasteiger partial charge is 0.132 e. The van der Waals surface area contributed by atoms with Gasteiger partial charge in [-0.15, -0.1) is 0 Å².